The molecule has 0 amide bonds. The van der Waals surface area contributed by atoms with Crippen LogP contribution in [0, 0.1) is 19.8 Å². The van der Waals surface area contributed by atoms with Gasteiger partial charge >= 0.3 is 0 Å². The number of nitrogens with zero attached hydrogens (tertiary/aromatic N) is 2. The maximum Gasteiger partial charge on any atom is 0.0631 e. The largest absolute Gasteiger partial charge is 0.316 e. The first-order valence-electron chi connectivity index (χ1n) is 6.84. The van der Waals surface area contributed by atoms with Crippen LogP contribution >= 0.6 is 0 Å². The van der Waals surface area contributed by atoms with Crippen LogP contribution in [0.1, 0.15) is 49.6 Å². The monoisotopic (exact) mass is 235 g/mol. The van der Waals surface area contributed by atoms with Gasteiger partial charge in [0.05, 0.1) is 5.69 Å². The van der Waals surface area contributed by atoms with Gasteiger partial charge in [0.1, 0.15) is 0 Å². The molecule has 1 aromatic rings. The van der Waals surface area contributed by atoms with Gasteiger partial charge in [-0.3, -0.25) is 4.68 Å². The lowest BCUT2D eigenvalue weighted by atomic mass is 9.90. The van der Waals surface area contributed by atoms with Crippen LogP contribution in [0.4, 0.5) is 0 Å². The topological polar surface area (TPSA) is 29.9 Å². The molecule has 0 aromatic carbocycles. The molecule has 1 unspecified atom stereocenters. The zero-order valence-corrected chi connectivity index (χ0v) is 11.6. The van der Waals surface area contributed by atoms with Crippen LogP contribution in [0.2, 0.25) is 0 Å². The number of rotatable bonds is 3. The normalized spacial score (nSPS) is 21.1. The molecule has 0 radical (unpaired) electrons. The summed E-state index contributed by atoms with van der Waals surface area (Å²) in [5.74, 6) is 1.33. The van der Waals surface area contributed by atoms with Gasteiger partial charge in [0.15, 0.2) is 0 Å². The first-order valence-corrected chi connectivity index (χ1v) is 6.84. The van der Waals surface area contributed by atoms with Crippen LogP contribution in [0.25, 0.3) is 0 Å². The second-order valence-corrected chi connectivity index (χ2v) is 5.70. The number of hydrogen-bond acceptors (Lipinski definition) is 2. The van der Waals surface area contributed by atoms with E-state index in [0.717, 1.165) is 13.1 Å². The maximum atomic E-state index is 4.71. The smallest absolute Gasteiger partial charge is 0.0631 e. The fraction of sp³-hybridized carbons (Fsp3) is 0.786. The van der Waals surface area contributed by atoms with E-state index in [-0.39, 0.29) is 0 Å². The van der Waals surface area contributed by atoms with Gasteiger partial charge in [0.25, 0.3) is 0 Å². The summed E-state index contributed by atoms with van der Waals surface area (Å²) in [6, 6.07) is 0. The SMILES string of the molecule is Cc1nn(CC(C)C)c(C)c1C1CCCNC1. The predicted octanol–water partition coefficient (Wildman–Crippen LogP) is 2.62. The minimum absolute atomic E-state index is 0.658. The van der Waals surface area contributed by atoms with Crippen LogP contribution in [0.15, 0.2) is 0 Å². The summed E-state index contributed by atoms with van der Waals surface area (Å²) in [5, 5.41) is 8.22. The average Bonchev–Trinajstić information content (AvgIpc) is 2.54. The number of aromatic nitrogens is 2. The Hall–Kier alpha value is -0.830. The van der Waals surface area contributed by atoms with Crippen molar-refractivity contribution < 1.29 is 0 Å². The molecule has 3 heteroatoms. The third-order valence-electron chi connectivity index (χ3n) is 3.68. The Morgan fingerprint density at radius 2 is 2.18 bits per heavy atom. The van der Waals surface area contributed by atoms with Crippen molar-refractivity contribution >= 4 is 0 Å². The molecule has 96 valence electrons. The Morgan fingerprint density at radius 1 is 1.41 bits per heavy atom. The van der Waals surface area contributed by atoms with Crippen molar-refractivity contribution in [3.63, 3.8) is 0 Å². The fourth-order valence-electron chi connectivity index (χ4n) is 2.92. The van der Waals surface area contributed by atoms with Crippen molar-refractivity contribution in [3.8, 4) is 0 Å². The van der Waals surface area contributed by atoms with E-state index in [1.165, 1.54) is 36.3 Å². The van der Waals surface area contributed by atoms with Crippen LogP contribution in [0.3, 0.4) is 0 Å². The van der Waals surface area contributed by atoms with E-state index >= 15 is 0 Å². The molecule has 1 saturated heterocycles. The summed E-state index contributed by atoms with van der Waals surface area (Å²) in [7, 11) is 0. The molecule has 3 nitrogen and oxygen atoms in total. The Labute approximate surface area is 105 Å². The van der Waals surface area contributed by atoms with Crippen LogP contribution < -0.4 is 5.32 Å². The van der Waals surface area contributed by atoms with Crippen LogP contribution in [0.5, 0.6) is 0 Å². The van der Waals surface area contributed by atoms with Gasteiger partial charge < -0.3 is 5.32 Å². The van der Waals surface area contributed by atoms with Gasteiger partial charge in [-0.2, -0.15) is 5.10 Å². The van der Waals surface area contributed by atoms with E-state index < -0.39 is 0 Å². The third-order valence-corrected chi connectivity index (χ3v) is 3.68. The van der Waals surface area contributed by atoms with Gasteiger partial charge in [0, 0.05) is 30.3 Å². The second-order valence-electron chi connectivity index (χ2n) is 5.70. The number of hydrogen-bond donors (Lipinski definition) is 1. The van der Waals surface area contributed by atoms with Crippen molar-refractivity contribution in [2.24, 2.45) is 5.92 Å². The first kappa shape index (κ1) is 12.6. The lowest BCUT2D eigenvalue weighted by molar-refractivity contribution is 0.453. The molecule has 0 bridgehead atoms. The van der Waals surface area contributed by atoms with Gasteiger partial charge in [0.2, 0.25) is 0 Å². The van der Waals surface area contributed by atoms with Crippen molar-refractivity contribution in [3.05, 3.63) is 17.0 Å². The summed E-state index contributed by atoms with van der Waals surface area (Å²) in [5.41, 5.74) is 4.11. The lowest BCUT2D eigenvalue weighted by Gasteiger charge is -2.23. The van der Waals surface area contributed by atoms with E-state index in [4.69, 9.17) is 5.10 Å². The molecule has 1 fully saturated rings. The minimum atomic E-state index is 0.658. The average molecular weight is 235 g/mol. The van der Waals surface area contributed by atoms with Gasteiger partial charge in [-0.05, 0) is 39.2 Å². The molecular weight excluding hydrogens is 210 g/mol. The van der Waals surface area contributed by atoms with E-state index in [9.17, 15) is 0 Å². The van der Waals surface area contributed by atoms with Crippen LogP contribution in [-0.4, -0.2) is 22.9 Å². The highest BCUT2D eigenvalue weighted by molar-refractivity contribution is 5.29. The molecular formula is C14H25N3. The molecule has 2 heterocycles. The summed E-state index contributed by atoms with van der Waals surface area (Å²) in [6.45, 7) is 12.2. The van der Waals surface area contributed by atoms with Gasteiger partial charge in [-0.15, -0.1) is 0 Å². The first-order chi connectivity index (χ1) is 8.09. The molecule has 1 aliphatic heterocycles. The predicted molar refractivity (Wildman–Crippen MR) is 71.4 cm³/mol. The molecule has 0 spiro atoms. The number of aryl methyl sites for hydroxylation is 1. The maximum absolute atomic E-state index is 4.71. The van der Waals surface area contributed by atoms with E-state index in [1.807, 2.05) is 0 Å². The van der Waals surface area contributed by atoms with Crippen molar-refractivity contribution in [2.75, 3.05) is 13.1 Å². The zero-order chi connectivity index (χ0) is 12.4. The van der Waals surface area contributed by atoms with Crippen molar-refractivity contribution in [1.82, 2.24) is 15.1 Å². The van der Waals surface area contributed by atoms with Crippen molar-refractivity contribution in [1.29, 1.82) is 0 Å². The Bertz CT molecular complexity index is 373. The second kappa shape index (κ2) is 5.21. The minimum Gasteiger partial charge on any atom is -0.316 e. The molecule has 2 rings (SSSR count). The Morgan fingerprint density at radius 3 is 2.76 bits per heavy atom. The molecule has 0 saturated carbocycles. The summed E-state index contributed by atoms with van der Waals surface area (Å²) in [4.78, 5) is 0. The van der Waals surface area contributed by atoms with E-state index in [1.54, 1.807) is 0 Å². The van der Waals surface area contributed by atoms with Gasteiger partial charge in [-0.1, -0.05) is 13.8 Å². The summed E-state index contributed by atoms with van der Waals surface area (Å²) < 4.78 is 2.20. The van der Waals surface area contributed by atoms with E-state index in [0.29, 0.717) is 11.8 Å². The number of piperidine rings is 1. The zero-order valence-electron chi connectivity index (χ0n) is 11.6. The Kier molecular flexibility index (Phi) is 3.87. The third kappa shape index (κ3) is 2.71. The van der Waals surface area contributed by atoms with Crippen molar-refractivity contribution in [2.45, 2.75) is 53.0 Å². The molecule has 1 N–H and O–H groups in total. The number of nitrogens with one attached hydrogen (secondary N) is 1. The highest BCUT2D eigenvalue weighted by Gasteiger charge is 2.22. The van der Waals surface area contributed by atoms with E-state index in [2.05, 4.69) is 37.7 Å². The Balaban J connectivity index is 2.24. The molecule has 1 aliphatic rings. The molecule has 17 heavy (non-hydrogen) atoms. The summed E-state index contributed by atoms with van der Waals surface area (Å²) >= 11 is 0. The molecule has 1 aromatic heterocycles. The summed E-state index contributed by atoms with van der Waals surface area (Å²) in [6.07, 6.45) is 2.60. The quantitative estimate of drug-likeness (QED) is 0.873. The molecule has 1 atom stereocenters. The highest BCUT2D eigenvalue weighted by Crippen LogP contribution is 2.28. The highest BCUT2D eigenvalue weighted by atomic mass is 15.3. The molecule has 0 aliphatic carbocycles. The standard InChI is InChI=1S/C14H25N3/c1-10(2)9-17-12(4)14(11(3)16-17)13-6-5-7-15-8-13/h10,13,15H,5-9H2,1-4H3. The fourth-order valence-corrected chi connectivity index (χ4v) is 2.92. The lowest BCUT2D eigenvalue weighted by Crippen LogP contribution is -2.29. The van der Waals surface area contributed by atoms with Gasteiger partial charge in [-0.25, -0.2) is 0 Å². The van der Waals surface area contributed by atoms with Crippen LogP contribution in [-0.2, 0) is 6.54 Å².